The Hall–Kier alpha value is -4.02. The summed E-state index contributed by atoms with van der Waals surface area (Å²) in [6, 6.07) is 17.2. The van der Waals surface area contributed by atoms with Gasteiger partial charge in [-0.25, -0.2) is 19.9 Å². The number of nitrogens with two attached hydrogens (primary N) is 1. The molecule has 0 radical (unpaired) electrons. The summed E-state index contributed by atoms with van der Waals surface area (Å²) in [5, 5.41) is 7.76. The molecule has 2 aromatic carbocycles. The van der Waals surface area contributed by atoms with Crippen molar-refractivity contribution >= 4 is 62.4 Å². The number of rotatable bonds is 7. The summed E-state index contributed by atoms with van der Waals surface area (Å²) in [6.07, 6.45) is 3.32. The molecule has 0 aliphatic heterocycles. The molecule has 10 heteroatoms. The Morgan fingerprint density at radius 2 is 1.77 bits per heavy atom. The lowest BCUT2D eigenvalue weighted by atomic mass is 9.96. The van der Waals surface area contributed by atoms with Crippen molar-refractivity contribution in [3.05, 3.63) is 83.3 Å². The highest BCUT2D eigenvalue weighted by Crippen LogP contribution is 2.37. The molecule has 0 aliphatic rings. The maximum Gasteiger partial charge on any atom is 0.257 e. The quantitative estimate of drug-likeness (QED) is 0.171. The first-order valence-corrected chi connectivity index (χ1v) is 14.5. The number of fused-ring (bicyclic) bond motifs is 1. The third-order valence-electron chi connectivity index (χ3n) is 6.18. The van der Waals surface area contributed by atoms with Gasteiger partial charge >= 0.3 is 0 Å². The van der Waals surface area contributed by atoms with Crippen molar-refractivity contribution in [2.24, 2.45) is 0 Å². The third-order valence-corrected chi connectivity index (χ3v) is 8.60. The topological polar surface area (TPSA) is 119 Å². The fourth-order valence-corrected chi connectivity index (χ4v) is 5.63. The predicted molar refractivity (Wildman–Crippen MR) is 165 cm³/mol. The van der Waals surface area contributed by atoms with E-state index in [9.17, 15) is 4.79 Å². The molecule has 0 unspecified atom stereocenters. The molecule has 3 heterocycles. The maximum absolute atomic E-state index is 13.3. The molecule has 1 amide bonds. The van der Waals surface area contributed by atoms with Gasteiger partial charge in [-0.3, -0.25) is 10.1 Å². The standard InChI is InChI=1S/C30H31N7OS2/c1-17(2)22-12-11-21-26(35-22)33-16-34-27(21)36-23-14-18(6-13-24(23)39-20-9-7-19(31)8-10-20)28(38)37-29-32-15-25(40-29)30(3,4)5/h6-17H,31H2,1-5H3,(H,32,37,38)(H,33,34,35,36). The zero-order valence-corrected chi connectivity index (χ0v) is 24.7. The molecule has 0 saturated carbocycles. The van der Waals surface area contributed by atoms with Gasteiger partial charge in [0, 0.05) is 37.8 Å². The second-order valence-electron chi connectivity index (χ2n) is 10.7. The number of nitrogens with zero attached hydrogens (tertiary/aromatic N) is 4. The molecule has 0 bridgehead atoms. The Morgan fingerprint density at radius 3 is 2.48 bits per heavy atom. The minimum absolute atomic E-state index is 0.0379. The van der Waals surface area contributed by atoms with Crippen molar-refractivity contribution in [2.45, 2.75) is 55.7 Å². The number of nitrogens with one attached hydrogen (secondary N) is 2. The monoisotopic (exact) mass is 569 g/mol. The molecule has 0 fully saturated rings. The highest BCUT2D eigenvalue weighted by molar-refractivity contribution is 7.99. The minimum Gasteiger partial charge on any atom is -0.399 e. The van der Waals surface area contributed by atoms with Crippen molar-refractivity contribution in [1.29, 1.82) is 0 Å². The van der Waals surface area contributed by atoms with Crippen LogP contribution in [0.3, 0.4) is 0 Å². The molecule has 204 valence electrons. The van der Waals surface area contributed by atoms with Crippen LogP contribution >= 0.6 is 23.1 Å². The zero-order chi connectivity index (χ0) is 28.4. The summed E-state index contributed by atoms with van der Waals surface area (Å²) < 4.78 is 0. The van der Waals surface area contributed by atoms with E-state index in [1.165, 1.54) is 17.7 Å². The van der Waals surface area contributed by atoms with Crippen LogP contribution in [0.2, 0.25) is 0 Å². The van der Waals surface area contributed by atoms with Crippen molar-refractivity contribution in [3.8, 4) is 0 Å². The van der Waals surface area contributed by atoms with Gasteiger partial charge in [0.15, 0.2) is 10.8 Å². The van der Waals surface area contributed by atoms with E-state index < -0.39 is 0 Å². The molecule has 0 aliphatic carbocycles. The molecule has 3 aromatic heterocycles. The Balaban J connectivity index is 1.49. The van der Waals surface area contributed by atoms with Gasteiger partial charge in [-0.15, -0.1) is 11.3 Å². The van der Waals surface area contributed by atoms with Crippen molar-refractivity contribution in [3.63, 3.8) is 0 Å². The van der Waals surface area contributed by atoms with Crippen LogP contribution in [0.4, 0.5) is 22.3 Å². The highest BCUT2D eigenvalue weighted by Gasteiger charge is 2.19. The fraction of sp³-hybridized carbons (Fsp3) is 0.233. The summed E-state index contributed by atoms with van der Waals surface area (Å²) in [4.78, 5) is 34.3. The van der Waals surface area contributed by atoms with E-state index in [2.05, 4.69) is 60.2 Å². The Kier molecular flexibility index (Phi) is 7.73. The molecule has 5 rings (SSSR count). The highest BCUT2D eigenvalue weighted by atomic mass is 32.2. The van der Waals surface area contributed by atoms with E-state index in [0.29, 0.717) is 27.8 Å². The van der Waals surface area contributed by atoms with Crippen molar-refractivity contribution < 1.29 is 4.79 Å². The molecule has 4 N–H and O–H groups in total. The Labute approximate surface area is 241 Å². The van der Waals surface area contributed by atoms with Crippen LogP contribution in [-0.2, 0) is 5.41 Å². The van der Waals surface area contributed by atoms with Gasteiger partial charge in [-0.05, 0) is 65.9 Å². The van der Waals surface area contributed by atoms with Gasteiger partial charge in [0.25, 0.3) is 5.91 Å². The number of nitrogen functional groups attached to an aromatic ring is 1. The molecule has 5 aromatic rings. The average molecular weight is 570 g/mol. The van der Waals surface area contributed by atoms with E-state index in [0.717, 1.165) is 31.4 Å². The van der Waals surface area contributed by atoms with Crippen LogP contribution in [0, 0.1) is 0 Å². The average Bonchev–Trinajstić information content (AvgIpc) is 3.40. The second-order valence-corrected chi connectivity index (χ2v) is 12.9. The molecular formula is C30H31N7OS2. The molecule has 0 atom stereocenters. The summed E-state index contributed by atoms with van der Waals surface area (Å²) in [5.41, 5.74) is 9.36. The summed E-state index contributed by atoms with van der Waals surface area (Å²) in [5.74, 6) is 0.656. The first-order chi connectivity index (χ1) is 19.1. The summed E-state index contributed by atoms with van der Waals surface area (Å²) >= 11 is 3.05. The van der Waals surface area contributed by atoms with Crippen LogP contribution in [0.15, 0.2) is 76.9 Å². The van der Waals surface area contributed by atoms with Crippen LogP contribution in [0.1, 0.15) is 61.5 Å². The molecule has 0 spiro atoms. The summed E-state index contributed by atoms with van der Waals surface area (Å²) in [7, 11) is 0. The van der Waals surface area contributed by atoms with Crippen molar-refractivity contribution in [2.75, 3.05) is 16.4 Å². The molecule has 8 nitrogen and oxygen atoms in total. The van der Waals surface area contributed by atoms with E-state index in [1.807, 2.05) is 60.8 Å². The number of hydrogen-bond donors (Lipinski definition) is 3. The van der Waals surface area contributed by atoms with Gasteiger partial charge in [-0.2, -0.15) is 0 Å². The Morgan fingerprint density at radius 1 is 1.00 bits per heavy atom. The van der Waals surface area contributed by atoms with E-state index in [-0.39, 0.29) is 17.2 Å². The van der Waals surface area contributed by atoms with E-state index >= 15 is 0 Å². The molecule has 0 saturated heterocycles. The Bertz CT molecular complexity index is 1670. The number of carbonyl (C=O) groups excluding carboxylic acids is 1. The fourth-order valence-electron chi connectivity index (χ4n) is 3.87. The van der Waals surface area contributed by atoms with Crippen LogP contribution in [0.5, 0.6) is 0 Å². The number of amides is 1. The first kappa shape index (κ1) is 27.5. The van der Waals surface area contributed by atoms with Crippen molar-refractivity contribution in [1.82, 2.24) is 19.9 Å². The normalized spacial score (nSPS) is 11.7. The number of anilines is 4. The lowest BCUT2D eigenvalue weighted by Gasteiger charge is -2.15. The van der Waals surface area contributed by atoms with E-state index in [1.54, 1.807) is 11.8 Å². The van der Waals surface area contributed by atoms with Crippen LogP contribution in [0.25, 0.3) is 11.0 Å². The number of benzene rings is 2. The van der Waals surface area contributed by atoms with Gasteiger partial charge in [0.1, 0.15) is 12.1 Å². The molecular weight excluding hydrogens is 539 g/mol. The predicted octanol–water partition coefficient (Wildman–Crippen LogP) is 7.63. The lowest BCUT2D eigenvalue weighted by Crippen LogP contribution is -2.12. The number of aromatic nitrogens is 4. The van der Waals surface area contributed by atoms with Gasteiger partial charge in [-0.1, -0.05) is 46.4 Å². The van der Waals surface area contributed by atoms with Gasteiger partial charge in [0.2, 0.25) is 0 Å². The number of pyridine rings is 1. The number of hydrogen-bond acceptors (Lipinski definition) is 9. The van der Waals surface area contributed by atoms with Gasteiger partial charge in [0.05, 0.1) is 11.1 Å². The van der Waals surface area contributed by atoms with E-state index in [4.69, 9.17) is 10.7 Å². The number of carbonyl (C=O) groups is 1. The maximum atomic E-state index is 13.3. The van der Waals surface area contributed by atoms with Crippen LogP contribution < -0.4 is 16.4 Å². The smallest absolute Gasteiger partial charge is 0.257 e. The second kappa shape index (κ2) is 11.2. The third kappa shape index (κ3) is 6.24. The largest absolute Gasteiger partial charge is 0.399 e. The van der Waals surface area contributed by atoms with Crippen LogP contribution in [-0.4, -0.2) is 25.8 Å². The summed E-state index contributed by atoms with van der Waals surface area (Å²) in [6.45, 7) is 10.6. The number of thiazole rings is 1. The minimum atomic E-state index is -0.238. The van der Waals surface area contributed by atoms with Gasteiger partial charge < -0.3 is 11.1 Å². The lowest BCUT2D eigenvalue weighted by molar-refractivity contribution is 0.102. The zero-order valence-electron chi connectivity index (χ0n) is 23.0. The molecule has 40 heavy (non-hydrogen) atoms. The SMILES string of the molecule is CC(C)c1ccc2c(Nc3cc(C(=O)Nc4ncc(C(C)(C)C)s4)ccc3Sc3ccc(N)cc3)ncnc2n1. The first-order valence-electron chi connectivity index (χ1n) is 12.9.